The van der Waals surface area contributed by atoms with Crippen LogP contribution in [-0.4, -0.2) is 71.0 Å². The van der Waals surface area contributed by atoms with Crippen LogP contribution in [0.25, 0.3) is 16.3 Å². The van der Waals surface area contributed by atoms with Crippen LogP contribution in [0.2, 0.25) is 0 Å². The highest BCUT2D eigenvalue weighted by molar-refractivity contribution is 7.89. The number of amides is 1. The molecule has 1 saturated carbocycles. The molecule has 2 aliphatic heterocycles. The van der Waals surface area contributed by atoms with Gasteiger partial charge in [-0.1, -0.05) is 11.3 Å². The topological polar surface area (TPSA) is 113 Å². The number of aromatic nitrogens is 4. The van der Waals surface area contributed by atoms with Crippen molar-refractivity contribution < 1.29 is 26.4 Å². The number of anilines is 1. The summed E-state index contributed by atoms with van der Waals surface area (Å²) in [6.45, 7) is 2.68. The van der Waals surface area contributed by atoms with E-state index in [1.165, 1.54) is 16.8 Å². The monoisotopic (exact) mass is 555 g/mol. The highest BCUT2D eigenvalue weighted by Crippen LogP contribution is 2.37. The lowest BCUT2D eigenvalue weighted by Gasteiger charge is -2.38. The quantitative estimate of drug-likeness (QED) is 0.498. The van der Waals surface area contributed by atoms with E-state index in [0.29, 0.717) is 48.5 Å². The molecule has 10 nitrogen and oxygen atoms in total. The SMILES string of the molecule is O=C(C1CCN(c2cc(S(=O)(=O)NC3CC3)cn3c(-c4nnc(C(F)(F)F)s4)ncc23)CC1)N1CCC1. The molecule has 2 saturated heterocycles. The minimum atomic E-state index is -4.64. The number of rotatable bonds is 6. The Morgan fingerprint density at radius 1 is 1.08 bits per heavy atom. The van der Waals surface area contributed by atoms with E-state index in [1.54, 1.807) is 6.07 Å². The minimum Gasteiger partial charge on any atom is -0.370 e. The smallest absolute Gasteiger partial charge is 0.370 e. The Hall–Kier alpha value is -2.78. The van der Waals surface area contributed by atoms with Gasteiger partial charge in [-0.3, -0.25) is 9.20 Å². The third-order valence-corrected chi connectivity index (χ3v) is 9.47. The molecule has 1 amide bonds. The number of carbonyl (C=O) groups is 1. The van der Waals surface area contributed by atoms with Crippen LogP contribution < -0.4 is 9.62 Å². The maximum Gasteiger partial charge on any atom is 0.445 e. The van der Waals surface area contributed by atoms with Crippen LogP contribution in [0.3, 0.4) is 0 Å². The van der Waals surface area contributed by atoms with Crippen LogP contribution in [0.5, 0.6) is 0 Å². The second kappa shape index (κ2) is 8.91. The number of hydrogen-bond donors (Lipinski definition) is 1. The highest BCUT2D eigenvalue weighted by Gasteiger charge is 2.37. The Labute approximate surface area is 214 Å². The number of sulfonamides is 1. The number of halogens is 3. The Kier molecular flexibility index (Phi) is 5.91. The third-order valence-electron chi connectivity index (χ3n) is 7.02. The normalized spacial score (nSPS) is 19.4. The first-order chi connectivity index (χ1) is 17.6. The molecule has 0 unspecified atom stereocenters. The molecule has 15 heteroatoms. The summed E-state index contributed by atoms with van der Waals surface area (Å²) < 4.78 is 69.8. The summed E-state index contributed by atoms with van der Waals surface area (Å²) in [6.07, 6.45) is 2.02. The van der Waals surface area contributed by atoms with Gasteiger partial charge in [-0.05, 0) is 38.2 Å². The van der Waals surface area contributed by atoms with E-state index in [1.807, 2.05) is 9.80 Å². The zero-order valence-corrected chi connectivity index (χ0v) is 21.2. The number of alkyl halides is 3. The van der Waals surface area contributed by atoms with Crippen molar-refractivity contribution in [2.45, 2.75) is 49.2 Å². The van der Waals surface area contributed by atoms with Gasteiger partial charge in [0.1, 0.15) is 4.90 Å². The van der Waals surface area contributed by atoms with E-state index in [2.05, 4.69) is 19.9 Å². The molecule has 0 radical (unpaired) electrons. The van der Waals surface area contributed by atoms with E-state index < -0.39 is 21.2 Å². The summed E-state index contributed by atoms with van der Waals surface area (Å²) in [5.41, 5.74) is 1.13. The first-order valence-corrected chi connectivity index (χ1v) is 14.4. The molecule has 6 rings (SSSR count). The molecular formula is C22H24F3N7O3S2. The number of hydrogen-bond acceptors (Lipinski definition) is 8. The molecule has 1 aliphatic carbocycles. The molecule has 3 aromatic heterocycles. The summed E-state index contributed by atoms with van der Waals surface area (Å²) in [5.74, 6) is 0.179. The predicted molar refractivity (Wildman–Crippen MR) is 129 cm³/mol. The first kappa shape index (κ1) is 24.6. The van der Waals surface area contributed by atoms with Gasteiger partial charge in [-0.15, -0.1) is 10.2 Å². The fraction of sp³-hybridized carbons (Fsp3) is 0.545. The van der Waals surface area contributed by atoms with Crippen molar-refractivity contribution in [3.05, 3.63) is 23.5 Å². The van der Waals surface area contributed by atoms with Gasteiger partial charge in [0.2, 0.25) is 20.9 Å². The Morgan fingerprint density at radius 3 is 2.41 bits per heavy atom. The van der Waals surface area contributed by atoms with E-state index in [0.717, 1.165) is 32.4 Å². The van der Waals surface area contributed by atoms with Crippen molar-refractivity contribution in [2.24, 2.45) is 5.92 Å². The molecule has 0 atom stereocenters. The van der Waals surface area contributed by atoms with Gasteiger partial charge in [-0.25, -0.2) is 18.1 Å². The maximum atomic E-state index is 13.1. The molecule has 0 bridgehead atoms. The van der Waals surface area contributed by atoms with Crippen LogP contribution in [0.15, 0.2) is 23.4 Å². The van der Waals surface area contributed by atoms with Gasteiger partial charge in [0.05, 0.1) is 17.4 Å². The summed E-state index contributed by atoms with van der Waals surface area (Å²) >= 11 is 0.350. The lowest BCUT2D eigenvalue weighted by Crippen LogP contribution is -2.48. The minimum absolute atomic E-state index is 0.0134. The van der Waals surface area contributed by atoms with Gasteiger partial charge >= 0.3 is 6.18 Å². The largest absolute Gasteiger partial charge is 0.445 e. The molecule has 3 fully saturated rings. The maximum absolute atomic E-state index is 13.1. The van der Waals surface area contributed by atoms with Gasteiger partial charge in [0, 0.05) is 44.3 Å². The number of pyridine rings is 1. The Morgan fingerprint density at radius 2 is 1.81 bits per heavy atom. The number of piperidine rings is 1. The highest BCUT2D eigenvalue weighted by atomic mass is 32.2. The number of nitrogens with one attached hydrogen (secondary N) is 1. The van der Waals surface area contributed by atoms with E-state index in [9.17, 15) is 26.4 Å². The Balaban J connectivity index is 1.37. The summed E-state index contributed by atoms with van der Waals surface area (Å²) in [6, 6.07) is 1.46. The molecule has 3 aliphatic rings. The van der Waals surface area contributed by atoms with Crippen molar-refractivity contribution in [1.29, 1.82) is 0 Å². The summed E-state index contributed by atoms with van der Waals surface area (Å²) in [5, 5.41) is 5.74. The van der Waals surface area contributed by atoms with Gasteiger partial charge in [0.15, 0.2) is 10.8 Å². The third kappa shape index (κ3) is 4.68. The zero-order chi connectivity index (χ0) is 25.9. The summed E-state index contributed by atoms with van der Waals surface area (Å²) in [7, 11) is -3.87. The molecule has 0 aromatic carbocycles. The van der Waals surface area contributed by atoms with E-state index in [-0.39, 0.29) is 33.6 Å². The van der Waals surface area contributed by atoms with Crippen LogP contribution in [-0.2, 0) is 21.0 Å². The van der Waals surface area contributed by atoms with Crippen LogP contribution in [0.1, 0.15) is 37.1 Å². The van der Waals surface area contributed by atoms with Crippen LogP contribution in [0.4, 0.5) is 18.9 Å². The predicted octanol–water partition coefficient (Wildman–Crippen LogP) is 2.76. The second-order valence-electron chi connectivity index (χ2n) is 9.64. The molecule has 1 N–H and O–H groups in total. The number of carbonyl (C=O) groups excluding carboxylic acids is 1. The van der Waals surface area contributed by atoms with Crippen molar-refractivity contribution in [1.82, 2.24) is 29.2 Å². The Bertz CT molecular complexity index is 1450. The summed E-state index contributed by atoms with van der Waals surface area (Å²) in [4.78, 5) is 20.8. The fourth-order valence-corrected chi connectivity index (χ4v) is 6.72. The van der Waals surface area contributed by atoms with Crippen molar-refractivity contribution in [3.63, 3.8) is 0 Å². The molecule has 0 spiro atoms. The van der Waals surface area contributed by atoms with E-state index >= 15 is 0 Å². The molecule has 3 aromatic rings. The molecule has 37 heavy (non-hydrogen) atoms. The van der Waals surface area contributed by atoms with Crippen LogP contribution >= 0.6 is 11.3 Å². The average molecular weight is 556 g/mol. The van der Waals surface area contributed by atoms with Gasteiger partial charge in [0.25, 0.3) is 0 Å². The van der Waals surface area contributed by atoms with Crippen molar-refractivity contribution in [2.75, 3.05) is 31.1 Å². The fourth-order valence-electron chi connectivity index (χ4n) is 4.69. The number of imidazole rings is 1. The molecule has 198 valence electrons. The standard InChI is InChI=1S/C22H24F3N7O3S2/c23-22(24,25)21-28-27-19(36-21)18-26-11-17-16(10-15(12-32(17)18)37(34,35)29-14-2-3-14)30-8-4-13(5-9-30)20(33)31-6-1-7-31/h10-14,29H,1-9H2. The number of fused-ring (bicyclic) bond motifs is 1. The molecular weight excluding hydrogens is 531 g/mol. The zero-order valence-electron chi connectivity index (χ0n) is 19.6. The van der Waals surface area contributed by atoms with Gasteiger partial charge < -0.3 is 9.80 Å². The number of likely N-dealkylation sites (tertiary alicyclic amines) is 1. The first-order valence-electron chi connectivity index (χ1n) is 12.1. The lowest BCUT2D eigenvalue weighted by atomic mass is 9.93. The second-order valence-corrected chi connectivity index (χ2v) is 12.3. The lowest BCUT2D eigenvalue weighted by molar-refractivity contribution is -0.140. The van der Waals surface area contributed by atoms with Crippen molar-refractivity contribution >= 4 is 38.5 Å². The van der Waals surface area contributed by atoms with Crippen molar-refractivity contribution in [3.8, 4) is 10.8 Å². The van der Waals surface area contributed by atoms with Gasteiger partial charge in [-0.2, -0.15) is 13.2 Å². The number of nitrogens with zero attached hydrogens (tertiary/aromatic N) is 6. The van der Waals surface area contributed by atoms with Crippen LogP contribution in [0, 0.1) is 5.92 Å². The molecule has 5 heterocycles. The van der Waals surface area contributed by atoms with E-state index in [4.69, 9.17) is 0 Å². The average Bonchev–Trinajstić information content (AvgIpc) is 3.30.